The molecule has 0 aliphatic carbocycles. The second kappa shape index (κ2) is 6.10. The highest BCUT2D eigenvalue weighted by atomic mass is 16.5. The summed E-state index contributed by atoms with van der Waals surface area (Å²) in [7, 11) is 1.71. The van der Waals surface area contributed by atoms with Crippen LogP contribution in [0.5, 0.6) is 5.75 Å². The van der Waals surface area contributed by atoms with Crippen molar-refractivity contribution in [3.05, 3.63) is 78.1 Å². The Morgan fingerprint density at radius 3 is 2.20 bits per heavy atom. The van der Waals surface area contributed by atoms with Gasteiger partial charge in [0.05, 0.1) is 12.8 Å². The third-order valence-electron chi connectivity index (χ3n) is 4.61. The summed E-state index contributed by atoms with van der Waals surface area (Å²) in [4.78, 5) is 4.93. The van der Waals surface area contributed by atoms with Crippen LogP contribution in [0.4, 0.5) is 0 Å². The predicted octanol–water partition coefficient (Wildman–Crippen LogP) is 5.32. The molecule has 0 atom stereocenters. The zero-order valence-corrected chi connectivity index (χ0v) is 14.7. The molecule has 0 aliphatic rings. The summed E-state index contributed by atoms with van der Waals surface area (Å²) in [6, 6.07) is 22.8. The number of nitrogens with zero attached hydrogens (tertiary/aromatic N) is 2. The number of hydrogen-bond acceptors (Lipinski definition) is 2. The fraction of sp³-hybridized carbons (Fsp3) is 0.136. The molecule has 0 N–H and O–H groups in total. The molecule has 3 nitrogen and oxygen atoms in total. The van der Waals surface area contributed by atoms with Crippen LogP contribution in [-0.2, 0) is 0 Å². The van der Waals surface area contributed by atoms with E-state index in [9.17, 15) is 0 Å². The molecule has 2 aromatic carbocycles. The van der Waals surface area contributed by atoms with E-state index in [4.69, 9.17) is 9.72 Å². The van der Waals surface area contributed by atoms with Gasteiger partial charge in [-0.1, -0.05) is 30.3 Å². The van der Waals surface area contributed by atoms with Crippen molar-refractivity contribution in [2.75, 3.05) is 7.11 Å². The smallest absolute Gasteiger partial charge is 0.137 e. The SMILES string of the molecule is COc1ccc(-c2cccc(-n3c(C)ccc3C)n2)c2ccccc12. The van der Waals surface area contributed by atoms with Gasteiger partial charge in [-0.05, 0) is 55.6 Å². The first-order valence-electron chi connectivity index (χ1n) is 8.37. The first kappa shape index (κ1) is 15.5. The molecule has 0 unspecified atom stereocenters. The molecule has 124 valence electrons. The molecule has 0 fully saturated rings. The summed E-state index contributed by atoms with van der Waals surface area (Å²) in [5.41, 5.74) is 4.44. The monoisotopic (exact) mass is 328 g/mol. The molecule has 0 amide bonds. The van der Waals surface area contributed by atoms with Crippen LogP contribution in [0.15, 0.2) is 66.7 Å². The maximum Gasteiger partial charge on any atom is 0.137 e. The van der Waals surface area contributed by atoms with Crippen molar-refractivity contribution in [2.24, 2.45) is 0 Å². The number of methoxy groups -OCH3 is 1. The van der Waals surface area contributed by atoms with Crippen LogP contribution in [-0.4, -0.2) is 16.7 Å². The van der Waals surface area contributed by atoms with Gasteiger partial charge < -0.3 is 9.30 Å². The Kier molecular flexibility index (Phi) is 3.77. The zero-order chi connectivity index (χ0) is 17.4. The van der Waals surface area contributed by atoms with E-state index < -0.39 is 0 Å². The van der Waals surface area contributed by atoms with Gasteiger partial charge in [0.25, 0.3) is 0 Å². The van der Waals surface area contributed by atoms with Crippen LogP contribution in [0, 0.1) is 13.8 Å². The van der Waals surface area contributed by atoms with Gasteiger partial charge in [0.2, 0.25) is 0 Å². The lowest BCUT2D eigenvalue weighted by atomic mass is 10.0. The Morgan fingerprint density at radius 2 is 1.48 bits per heavy atom. The Balaban J connectivity index is 1.92. The number of hydrogen-bond donors (Lipinski definition) is 0. The highest BCUT2D eigenvalue weighted by molar-refractivity contribution is 5.99. The van der Waals surface area contributed by atoms with Gasteiger partial charge in [-0.3, -0.25) is 0 Å². The number of benzene rings is 2. The fourth-order valence-electron chi connectivity index (χ4n) is 3.40. The Bertz CT molecular complexity index is 1040. The molecule has 0 bridgehead atoms. The second-order valence-electron chi connectivity index (χ2n) is 6.19. The maximum absolute atomic E-state index is 5.51. The van der Waals surface area contributed by atoms with Crippen molar-refractivity contribution in [3.63, 3.8) is 0 Å². The number of rotatable bonds is 3. The summed E-state index contributed by atoms with van der Waals surface area (Å²) in [6.07, 6.45) is 0. The van der Waals surface area contributed by atoms with Crippen LogP contribution >= 0.6 is 0 Å². The third kappa shape index (κ3) is 2.58. The Morgan fingerprint density at radius 1 is 0.760 bits per heavy atom. The summed E-state index contributed by atoms with van der Waals surface area (Å²) in [5, 5.41) is 2.25. The quantitative estimate of drug-likeness (QED) is 0.509. The maximum atomic E-state index is 5.51. The lowest BCUT2D eigenvalue weighted by molar-refractivity contribution is 0.420. The first-order chi connectivity index (χ1) is 12.2. The minimum absolute atomic E-state index is 0.882. The number of ether oxygens (including phenoxy) is 1. The minimum Gasteiger partial charge on any atom is -0.496 e. The standard InChI is InChI=1S/C22H20N2O/c1-15-11-12-16(2)24(15)22-10-6-9-20(23-22)18-13-14-21(25-3)19-8-5-4-7-17(18)19/h4-14H,1-3H3. The second-order valence-corrected chi connectivity index (χ2v) is 6.19. The summed E-state index contributed by atoms with van der Waals surface area (Å²) < 4.78 is 7.68. The molecule has 25 heavy (non-hydrogen) atoms. The fourth-order valence-corrected chi connectivity index (χ4v) is 3.40. The van der Waals surface area contributed by atoms with Crippen LogP contribution in [0.1, 0.15) is 11.4 Å². The van der Waals surface area contributed by atoms with Gasteiger partial charge >= 0.3 is 0 Å². The van der Waals surface area contributed by atoms with Gasteiger partial charge in [0.15, 0.2) is 0 Å². The molecule has 0 spiro atoms. The van der Waals surface area contributed by atoms with E-state index in [0.717, 1.165) is 33.6 Å². The molecule has 2 aromatic heterocycles. The van der Waals surface area contributed by atoms with E-state index in [-0.39, 0.29) is 0 Å². The first-order valence-corrected chi connectivity index (χ1v) is 8.37. The van der Waals surface area contributed by atoms with Crippen LogP contribution in [0.3, 0.4) is 0 Å². The van der Waals surface area contributed by atoms with E-state index in [0.29, 0.717) is 0 Å². The van der Waals surface area contributed by atoms with E-state index in [1.807, 2.05) is 12.1 Å². The summed E-state index contributed by atoms with van der Waals surface area (Å²) in [6.45, 7) is 4.20. The average molecular weight is 328 g/mol. The molecular weight excluding hydrogens is 308 g/mol. The highest BCUT2D eigenvalue weighted by Crippen LogP contribution is 2.33. The van der Waals surface area contributed by atoms with Gasteiger partial charge in [0, 0.05) is 22.3 Å². The van der Waals surface area contributed by atoms with Crippen molar-refractivity contribution in [1.29, 1.82) is 0 Å². The van der Waals surface area contributed by atoms with Crippen LogP contribution in [0.2, 0.25) is 0 Å². The normalized spacial score (nSPS) is 11.0. The molecule has 0 radical (unpaired) electrons. The Labute approximate surface area is 147 Å². The van der Waals surface area contributed by atoms with Crippen molar-refractivity contribution in [2.45, 2.75) is 13.8 Å². The number of fused-ring (bicyclic) bond motifs is 1. The van der Waals surface area contributed by atoms with Crippen LogP contribution in [0.25, 0.3) is 27.8 Å². The van der Waals surface area contributed by atoms with E-state index in [2.05, 4.69) is 73.0 Å². The lowest BCUT2D eigenvalue weighted by Gasteiger charge is -2.13. The third-order valence-corrected chi connectivity index (χ3v) is 4.61. The molecule has 3 heteroatoms. The van der Waals surface area contributed by atoms with E-state index in [1.165, 1.54) is 11.4 Å². The molecule has 0 saturated heterocycles. The van der Waals surface area contributed by atoms with Gasteiger partial charge in [-0.15, -0.1) is 0 Å². The van der Waals surface area contributed by atoms with Crippen LogP contribution < -0.4 is 4.74 Å². The number of aryl methyl sites for hydroxylation is 2. The van der Waals surface area contributed by atoms with Gasteiger partial charge in [-0.2, -0.15) is 0 Å². The molecule has 4 aromatic rings. The molecule has 0 saturated carbocycles. The topological polar surface area (TPSA) is 27.1 Å². The predicted molar refractivity (Wildman–Crippen MR) is 103 cm³/mol. The molecule has 2 heterocycles. The van der Waals surface area contributed by atoms with Crippen molar-refractivity contribution in [1.82, 2.24) is 9.55 Å². The molecular formula is C22H20N2O. The highest BCUT2D eigenvalue weighted by Gasteiger charge is 2.11. The summed E-state index contributed by atoms with van der Waals surface area (Å²) in [5.74, 6) is 1.82. The van der Waals surface area contributed by atoms with Gasteiger partial charge in [0.1, 0.15) is 11.6 Å². The average Bonchev–Trinajstić information content (AvgIpc) is 2.99. The molecule has 4 rings (SSSR count). The van der Waals surface area contributed by atoms with Gasteiger partial charge in [-0.25, -0.2) is 4.98 Å². The Hall–Kier alpha value is -3.07. The zero-order valence-electron chi connectivity index (χ0n) is 14.7. The number of pyridine rings is 1. The van der Waals surface area contributed by atoms with E-state index >= 15 is 0 Å². The van der Waals surface area contributed by atoms with Crippen molar-refractivity contribution >= 4 is 10.8 Å². The summed E-state index contributed by atoms with van der Waals surface area (Å²) >= 11 is 0. The largest absolute Gasteiger partial charge is 0.496 e. The van der Waals surface area contributed by atoms with Crippen molar-refractivity contribution in [3.8, 4) is 22.8 Å². The molecule has 0 aliphatic heterocycles. The number of aromatic nitrogens is 2. The van der Waals surface area contributed by atoms with E-state index in [1.54, 1.807) is 7.11 Å². The lowest BCUT2D eigenvalue weighted by Crippen LogP contribution is -2.02. The minimum atomic E-state index is 0.882. The van der Waals surface area contributed by atoms with Crippen molar-refractivity contribution < 1.29 is 4.74 Å².